The van der Waals surface area contributed by atoms with E-state index in [1.54, 1.807) is 18.2 Å². The van der Waals surface area contributed by atoms with Crippen LogP contribution in [0.15, 0.2) is 78.9 Å². The summed E-state index contributed by atoms with van der Waals surface area (Å²) in [5.74, 6) is 0.847. The summed E-state index contributed by atoms with van der Waals surface area (Å²) in [5.41, 5.74) is 2.47. The maximum Gasteiger partial charge on any atom is 0.126 e. The highest BCUT2D eigenvalue weighted by atomic mass is 19.1. The summed E-state index contributed by atoms with van der Waals surface area (Å²) in [6.45, 7) is 2.81. The minimum Gasteiger partial charge on any atom is -0.508 e. The highest BCUT2D eigenvalue weighted by Crippen LogP contribution is 2.31. The summed E-state index contributed by atoms with van der Waals surface area (Å²) in [6.07, 6.45) is 1.85. The molecule has 1 saturated heterocycles. The molecule has 0 radical (unpaired) electrons. The normalized spacial score (nSPS) is 19.8. The number of aromatic hydroxyl groups is 1. The Morgan fingerprint density at radius 3 is 2.52 bits per heavy atom. The van der Waals surface area contributed by atoms with Crippen LogP contribution in [0, 0.1) is 5.82 Å². The first kappa shape index (κ1) is 19.5. The van der Waals surface area contributed by atoms with Crippen LogP contribution in [-0.2, 0) is 6.42 Å². The van der Waals surface area contributed by atoms with Crippen LogP contribution in [0.1, 0.15) is 23.5 Å². The van der Waals surface area contributed by atoms with Gasteiger partial charge in [0.25, 0.3) is 0 Å². The van der Waals surface area contributed by atoms with Gasteiger partial charge < -0.3 is 14.7 Å². The smallest absolute Gasteiger partial charge is 0.126 e. The van der Waals surface area contributed by atoms with Crippen molar-refractivity contribution in [2.24, 2.45) is 0 Å². The summed E-state index contributed by atoms with van der Waals surface area (Å²) in [4.78, 5) is 2.47. The first-order chi connectivity index (χ1) is 14.2. The fraction of sp³-hybridized carbons (Fsp3) is 0.280. The molecule has 0 saturated carbocycles. The summed E-state index contributed by atoms with van der Waals surface area (Å²) in [6, 6.07) is 24.3. The van der Waals surface area contributed by atoms with Gasteiger partial charge in [0.1, 0.15) is 23.4 Å². The van der Waals surface area contributed by atoms with Crippen LogP contribution in [0.2, 0.25) is 0 Å². The number of piperidine rings is 1. The Morgan fingerprint density at radius 2 is 1.76 bits per heavy atom. The lowest BCUT2D eigenvalue weighted by atomic mass is 9.87. The van der Waals surface area contributed by atoms with Crippen LogP contribution < -0.4 is 4.74 Å². The second-order valence-electron chi connectivity index (χ2n) is 7.64. The van der Waals surface area contributed by atoms with Crippen molar-refractivity contribution in [1.29, 1.82) is 0 Å². The van der Waals surface area contributed by atoms with E-state index >= 15 is 0 Å². The Kier molecular flexibility index (Phi) is 6.11. The van der Waals surface area contributed by atoms with Crippen molar-refractivity contribution in [3.63, 3.8) is 0 Å². The van der Waals surface area contributed by atoms with Crippen molar-refractivity contribution < 1.29 is 14.2 Å². The molecule has 29 heavy (non-hydrogen) atoms. The predicted molar refractivity (Wildman–Crippen MR) is 113 cm³/mol. The van der Waals surface area contributed by atoms with E-state index in [0.29, 0.717) is 11.5 Å². The van der Waals surface area contributed by atoms with E-state index < -0.39 is 0 Å². The minimum atomic E-state index is -0.273. The molecule has 0 aromatic heterocycles. The maximum absolute atomic E-state index is 13.6. The van der Waals surface area contributed by atoms with Gasteiger partial charge in [-0.15, -0.1) is 0 Å². The largest absolute Gasteiger partial charge is 0.508 e. The van der Waals surface area contributed by atoms with Crippen LogP contribution >= 0.6 is 0 Å². The third kappa shape index (κ3) is 5.15. The molecule has 0 bridgehead atoms. The molecule has 1 N–H and O–H groups in total. The number of likely N-dealkylation sites (tertiary alicyclic amines) is 1. The fourth-order valence-electron chi connectivity index (χ4n) is 4.03. The quantitative estimate of drug-likeness (QED) is 0.641. The number of ether oxygens (including phenoxy) is 1. The second kappa shape index (κ2) is 9.10. The van der Waals surface area contributed by atoms with Gasteiger partial charge in [0.15, 0.2) is 0 Å². The summed E-state index contributed by atoms with van der Waals surface area (Å²) >= 11 is 0. The summed E-state index contributed by atoms with van der Waals surface area (Å²) < 4.78 is 19.8. The fourth-order valence-corrected chi connectivity index (χ4v) is 4.03. The lowest BCUT2D eigenvalue weighted by Gasteiger charge is -2.39. The Hall–Kier alpha value is -2.85. The molecule has 1 aliphatic heterocycles. The van der Waals surface area contributed by atoms with Gasteiger partial charge in [0.05, 0.1) is 0 Å². The molecule has 0 spiro atoms. The average molecular weight is 391 g/mol. The zero-order chi connectivity index (χ0) is 20.1. The van der Waals surface area contributed by atoms with Gasteiger partial charge in [-0.3, -0.25) is 0 Å². The molecule has 2 atom stereocenters. The number of nitrogens with zero attached hydrogens (tertiary/aromatic N) is 1. The van der Waals surface area contributed by atoms with Crippen molar-refractivity contribution in [2.45, 2.75) is 24.9 Å². The minimum absolute atomic E-state index is 0.0177. The van der Waals surface area contributed by atoms with Crippen LogP contribution in [0.3, 0.4) is 0 Å². The third-order valence-electron chi connectivity index (χ3n) is 5.60. The van der Waals surface area contributed by atoms with Gasteiger partial charge in [-0.2, -0.15) is 0 Å². The molecule has 3 aromatic rings. The van der Waals surface area contributed by atoms with Crippen molar-refractivity contribution in [2.75, 3.05) is 19.6 Å². The monoisotopic (exact) mass is 391 g/mol. The summed E-state index contributed by atoms with van der Waals surface area (Å²) in [5, 5.41) is 9.45. The average Bonchev–Trinajstić information content (AvgIpc) is 2.75. The van der Waals surface area contributed by atoms with Crippen LogP contribution in [0.25, 0.3) is 0 Å². The standard InChI is InChI=1S/C25H26FNO2/c26-21-7-4-8-23(17-21)29-25-14-16-27(15-13-19-9-11-22(28)12-10-19)18-24(25)20-5-2-1-3-6-20/h1-12,17,24-25,28H,13-16,18H2. The van der Waals surface area contributed by atoms with Crippen molar-refractivity contribution in [3.8, 4) is 11.5 Å². The lowest BCUT2D eigenvalue weighted by molar-refractivity contribution is 0.0781. The van der Waals surface area contributed by atoms with Crippen molar-refractivity contribution in [1.82, 2.24) is 4.90 Å². The van der Waals surface area contributed by atoms with E-state index in [4.69, 9.17) is 4.74 Å². The highest BCUT2D eigenvalue weighted by Gasteiger charge is 2.31. The Labute approximate surface area is 171 Å². The zero-order valence-electron chi connectivity index (χ0n) is 16.4. The molecule has 0 aliphatic carbocycles. The third-order valence-corrected chi connectivity index (χ3v) is 5.60. The Bertz CT molecular complexity index is 914. The van der Waals surface area contributed by atoms with E-state index in [9.17, 15) is 9.50 Å². The molecule has 2 unspecified atom stereocenters. The van der Waals surface area contributed by atoms with E-state index in [2.05, 4.69) is 29.2 Å². The Morgan fingerprint density at radius 1 is 0.966 bits per heavy atom. The van der Waals surface area contributed by atoms with Crippen LogP contribution in [0.5, 0.6) is 11.5 Å². The molecular formula is C25H26FNO2. The second-order valence-corrected chi connectivity index (χ2v) is 7.64. The van der Waals surface area contributed by atoms with E-state index in [0.717, 1.165) is 32.5 Å². The van der Waals surface area contributed by atoms with E-state index in [1.165, 1.54) is 23.3 Å². The molecular weight excluding hydrogens is 365 g/mol. The number of hydrogen-bond donors (Lipinski definition) is 1. The molecule has 4 heteroatoms. The SMILES string of the molecule is Oc1ccc(CCN2CCC(Oc3cccc(F)c3)C(c3ccccc3)C2)cc1. The molecule has 1 heterocycles. The number of phenols is 1. The molecule has 3 nitrogen and oxygen atoms in total. The van der Waals surface area contributed by atoms with E-state index in [1.807, 2.05) is 24.3 Å². The number of rotatable bonds is 6. The maximum atomic E-state index is 13.6. The van der Waals surface area contributed by atoms with Crippen LogP contribution in [0.4, 0.5) is 4.39 Å². The number of hydrogen-bond acceptors (Lipinski definition) is 3. The summed E-state index contributed by atoms with van der Waals surface area (Å²) in [7, 11) is 0. The number of phenolic OH excluding ortho intramolecular Hbond substituents is 1. The number of halogens is 1. The van der Waals surface area contributed by atoms with Gasteiger partial charge in [0, 0.05) is 31.6 Å². The first-order valence-corrected chi connectivity index (χ1v) is 10.1. The Balaban J connectivity index is 1.45. The molecule has 3 aromatic carbocycles. The highest BCUT2D eigenvalue weighted by molar-refractivity contribution is 5.27. The van der Waals surface area contributed by atoms with Gasteiger partial charge in [-0.05, 0) is 48.2 Å². The predicted octanol–water partition coefficient (Wildman–Crippen LogP) is 5.01. The first-order valence-electron chi connectivity index (χ1n) is 10.1. The number of benzene rings is 3. The topological polar surface area (TPSA) is 32.7 Å². The van der Waals surface area contributed by atoms with Crippen molar-refractivity contribution in [3.05, 3.63) is 95.8 Å². The molecule has 0 amide bonds. The van der Waals surface area contributed by atoms with Gasteiger partial charge in [-0.25, -0.2) is 4.39 Å². The van der Waals surface area contributed by atoms with Crippen LogP contribution in [-0.4, -0.2) is 35.7 Å². The zero-order valence-corrected chi connectivity index (χ0v) is 16.4. The van der Waals surface area contributed by atoms with Gasteiger partial charge in [0.2, 0.25) is 0 Å². The van der Waals surface area contributed by atoms with Gasteiger partial charge >= 0.3 is 0 Å². The van der Waals surface area contributed by atoms with Gasteiger partial charge in [-0.1, -0.05) is 48.5 Å². The molecule has 150 valence electrons. The van der Waals surface area contributed by atoms with Crippen molar-refractivity contribution >= 4 is 0 Å². The molecule has 1 aliphatic rings. The van der Waals surface area contributed by atoms with E-state index in [-0.39, 0.29) is 17.8 Å². The molecule has 4 rings (SSSR count). The lowest BCUT2D eigenvalue weighted by Crippen LogP contribution is -2.44. The molecule has 1 fully saturated rings.